The van der Waals surface area contributed by atoms with E-state index in [1.807, 2.05) is 0 Å². The maximum absolute atomic E-state index is 10.8. The van der Waals surface area contributed by atoms with Crippen LogP contribution in [-0.4, -0.2) is 33.9 Å². The Bertz CT molecular complexity index is 664. The van der Waals surface area contributed by atoms with Crippen LogP contribution in [0.3, 0.4) is 0 Å². The standard InChI is InChI=1S/C9H11NO5S2.Na/c1-7-3-4-9(17(13,14)15)5-8(7)6-10-16(2,11)12;/h3-6H,1-2H3,(H,13,14,15);/q;+1/p-1/b10-6+;. The molecule has 94 valence electrons. The van der Waals surface area contributed by atoms with Gasteiger partial charge in [0.15, 0.2) is 0 Å². The average Bonchev–Trinajstić information content (AvgIpc) is 2.13. The molecular formula is C9H10NNaO5S2. The fourth-order valence-electron chi connectivity index (χ4n) is 1.07. The summed E-state index contributed by atoms with van der Waals surface area (Å²) >= 11 is 0. The van der Waals surface area contributed by atoms with Gasteiger partial charge in [0, 0.05) is 6.21 Å². The molecule has 0 aliphatic heterocycles. The largest absolute Gasteiger partial charge is 1.00 e. The molecule has 1 rings (SSSR count). The van der Waals surface area contributed by atoms with Gasteiger partial charge in [0.2, 0.25) is 10.0 Å². The Balaban J connectivity index is 0.00000289. The third-order valence-electron chi connectivity index (χ3n) is 1.92. The van der Waals surface area contributed by atoms with E-state index in [1.165, 1.54) is 6.07 Å². The molecule has 0 unspecified atom stereocenters. The van der Waals surface area contributed by atoms with Gasteiger partial charge >= 0.3 is 29.6 Å². The van der Waals surface area contributed by atoms with Crippen LogP contribution < -0.4 is 29.6 Å². The van der Waals surface area contributed by atoms with E-state index in [0.29, 0.717) is 5.56 Å². The van der Waals surface area contributed by atoms with E-state index < -0.39 is 25.0 Å². The van der Waals surface area contributed by atoms with Gasteiger partial charge in [0.05, 0.1) is 11.2 Å². The van der Waals surface area contributed by atoms with Crippen molar-refractivity contribution in [3.63, 3.8) is 0 Å². The minimum atomic E-state index is -4.56. The SMILES string of the molecule is Cc1ccc(S(=O)(=O)[O-])cc1/C=N/S(C)(=O)=O.[Na+]. The molecule has 1 aromatic carbocycles. The van der Waals surface area contributed by atoms with Crippen LogP contribution in [0.15, 0.2) is 27.5 Å². The van der Waals surface area contributed by atoms with Gasteiger partial charge in [-0.3, -0.25) is 0 Å². The molecule has 18 heavy (non-hydrogen) atoms. The van der Waals surface area contributed by atoms with E-state index in [4.69, 9.17) is 0 Å². The molecule has 0 spiro atoms. The summed E-state index contributed by atoms with van der Waals surface area (Å²) in [7, 11) is -8.10. The predicted molar refractivity (Wildman–Crippen MR) is 61.6 cm³/mol. The number of rotatable bonds is 3. The normalized spacial score (nSPS) is 12.4. The van der Waals surface area contributed by atoms with Crippen molar-refractivity contribution in [3.8, 4) is 0 Å². The zero-order chi connectivity index (χ0) is 13.3. The van der Waals surface area contributed by atoms with Crippen LogP contribution in [0.25, 0.3) is 0 Å². The molecule has 0 saturated carbocycles. The van der Waals surface area contributed by atoms with Gasteiger partial charge in [-0.05, 0) is 30.2 Å². The zero-order valence-corrected chi connectivity index (χ0v) is 13.7. The molecule has 0 amide bonds. The quantitative estimate of drug-likeness (QED) is 0.343. The van der Waals surface area contributed by atoms with Gasteiger partial charge in [-0.25, -0.2) is 16.8 Å². The van der Waals surface area contributed by atoms with Crippen LogP contribution >= 0.6 is 0 Å². The average molecular weight is 299 g/mol. The van der Waals surface area contributed by atoms with E-state index in [-0.39, 0.29) is 35.1 Å². The van der Waals surface area contributed by atoms with Crippen molar-refractivity contribution in [3.05, 3.63) is 29.3 Å². The Morgan fingerprint density at radius 1 is 1.22 bits per heavy atom. The molecule has 0 saturated heterocycles. The fourth-order valence-corrected chi connectivity index (χ4v) is 1.88. The van der Waals surface area contributed by atoms with Gasteiger partial charge in [-0.15, -0.1) is 0 Å². The third kappa shape index (κ3) is 5.59. The molecule has 6 nitrogen and oxygen atoms in total. The number of hydrogen-bond donors (Lipinski definition) is 0. The van der Waals surface area contributed by atoms with Gasteiger partial charge in [-0.2, -0.15) is 4.40 Å². The van der Waals surface area contributed by atoms with Crippen LogP contribution in [0.5, 0.6) is 0 Å². The van der Waals surface area contributed by atoms with Gasteiger partial charge < -0.3 is 4.55 Å². The van der Waals surface area contributed by atoms with Crippen LogP contribution in [0.1, 0.15) is 11.1 Å². The molecule has 0 aromatic heterocycles. The second-order valence-electron chi connectivity index (χ2n) is 3.44. The second kappa shape index (κ2) is 6.27. The van der Waals surface area contributed by atoms with Crippen molar-refractivity contribution in [1.82, 2.24) is 0 Å². The summed E-state index contributed by atoms with van der Waals surface area (Å²) < 4.78 is 57.2. The summed E-state index contributed by atoms with van der Waals surface area (Å²) in [4.78, 5) is -0.418. The summed E-state index contributed by atoms with van der Waals surface area (Å²) in [5.41, 5.74) is 0.886. The Kier molecular flexibility index (Phi) is 6.18. The summed E-state index contributed by atoms with van der Waals surface area (Å²) in [6.45, 7) is 1.64. The topological polar surface area (TPSA) is 104 Å². The van der Waals surface area contributed by atoms with E-state index >= 15 is 0 Å². The molecule has 0 bridgehead atoms. The molecule has 0 aliphatic carbocycles. The van der Waals surface area contributed by atoms with Crippen LogP contribution in [-0.2, 0) is 20.1 Å². The summed E-state index contributed by atoms with van der Waals surface area (Å²) in [6, 6.07) is 3.66. The number of benzene rings is 1. The summed E-state index contributed by atoms with van der Waals surface area (Å²) in [5, 5.41) is 0. The summed E-state index contributed by atoms with van der Waals surface area (Å²) in [6.07, 6.45) is 1.92. The van der Waals surface area contributed by atoms with Crippen LogP contribution in [0, 0.1) is 6.92 Å². The predicted octanol–water partition coefficient (Wildman–Crippen LogP) is -2.72. The third-order valence-corrected chi connectivity index (χ3v) is 3.24. The molecule has 0 atom stereocenters. The smallest absolute Gasteiger partial charge is 0.744 e. The molecule has 1 aromatic rings. The van der Waals surface area contributed by atoms with Gasteiger partial charge in [0.25, 0.3) is 0 Å². The number of aryl methyl sites for hydroxylation is 1. The molecular weight excluding hydrogens is 289 g/mol. The number of sulfonamides is 1. The molecule has 0 heterocycles. The minimum Gasteiger partial charge on any atom is -0.744 e. The zero-order valence-electron chi connectivity index (χ0n) is 10.1. The van der Waals surface area contributed by atoms with Crippen molar-refractivity contribution in [2.75, 3.05) is 6.26 Å². The van der Waals surface area contributed by atoms with Crippen molar-refractivity contribution >= 4 is 26.4 Å². The first kappa shape index (κ1) is 17.8. The van der Waals surface area contributed by atoms with Crippen molar-refractivity contribution in [2.45, 2.75) is 11.8 Å². The molecule has 0 radical (unpaired) electrons. The second-order valence-corrected chi connectivity index (χ2v) is 6.50. The maximum atomic E-state index is 10.8. The Hall–Kier alpha value is -0.250. The minimum absolute atomic E-state index is 0. The van der Waals surface area contributed by atoms with Crippen LogP contribution in [0.4, 0.5) is 0 Å². The first-order valence-electron chi connectivity index (χ1n) is 4.41. The first-order valence-corrected chi connectivity index (χ1v) is 7.67. The van der Waals surface area contributed by atoms with Crippen molar-refractivity contribution < 1.29 is 50.9 Å². The van der Waals surface area contributed by atoms with Crippen molar-refractivity contribution in [1.29, 1.82) is 0 Å². The molecule has 0 fully saturated rings. The Labute approximate surface area is 128 Å². The van der Waals surface area contributed by atoms with E-state index in [9.17, 15) is 21.4 Å². The van der Waals surface area contributed by atoms with E-state index in [2.05, 4.69) is 4.40 Å². The Morgan fingerprint density at radius 2 is 1.78 bits per heavy atom. The maximum Gasteiger partial charge on any atom is 1.00 e. The van der Waals surface area contributed by atoms with E-state index in [0.717, 1.165) is 24.6 Å². The summed E-state index contributed by atoms with van der Waals surface area (Å²) in [5.74, 6) is 0. The number of hydrogen-bond acceptors (Lipinski definition) is 5. The molecule has 0 N–H and O–H groups in total. The van der Waals surface area contributed by atoms with E-state index in [1.54, 1.807) is 6.92 Å². The first-order chi connectivity index (χ1) is 7.59. The molecule has 0 aliphatic rings. The molecule has 9 heteroatoms. The monoisotopic (exact) mass is 299 g/mol. The van der Waals surface area contributed by atoms with Gasteiger partial charge in [-0.1, -0.05) is 6.07 Å². The Morgan fingerprint density at radius 3 is 2.22 bits per heavy atom. The van der Waals surface area contributed by atoms with Gasteiger partial charge in [0.1, 0.15) is 10.1 Å². The number of nitrogens with zero attached hydrogens (tertiary/aromatic N) is 1. The van der Waals surface area contributed by atoms with Crippen molar-refractivity contribution in [2.24, 2.45) is 4.40 Å². The van der Waals surface area contributed by atoms with Crippen LogP contribution in [0.2, 0.25) is 0 Å². The fraction of sp³-hybridized carbons (Fsp3) is 0.222.